The lowest BCUT2D eigenvalue weighted by Crippen LogP contribution is -2.21. The van der Waals surface area contributed by atoms with Crippen LogP contribution in [0.3, 0.4) is 0 Å². The normalized spacial score (nSPS) is 23.6. The zero-order valence-electron chi connectivity index (χ0n) is 16.6. The summed E-state index contributed by atoms with van der Waals surface area (Å²) in [5.41, 5.74) is 3.62. The van der Waals surface area contributed by atoms with Gasteiger partial charge in [-0.2, -0.15) is 13.2 Å². The quantitative estimate of drug-likeness (QED) is 0.549. The molecule has 6 heteroatoms. The van der Waals surface area contributed by atoms with Crippen molar-refractivity contribution in [3.05, 3.63) is 71.3 Å². The van der Waals surface area contributed by atoms with E-state index in [1.54, 1.807) is 18.5 Å². The van der Waals surface area contributed by atoms with Crippen LogP contribution in [0.4, 0.5) is 13.2 Å². The van der Waals surface area contributed by atoms with E-state index in [0.717, 1.165) is 42.3 Å². The predicted octanol–water partition coefficient (Wildman–Crippen LogP) is 6.24. The summed E-state index contributed by atoms with van der Waals surface area (Å²) in [5.74, 6) is 0.955. The summed E-state index contributed by atoms with van der Waals surface area (Å²) in [4.78, 5) is 4.26. The van der Waals surface area contributed by atoms with Crippen LogP contribution in [0.1, 0.15) is 78.7 Å². The van der Waals surface area contributed by atoms with E-state index in [9.17, 15) is 18.3 Å². The summed E-state index contributed by atoms with van der Waals surface area (Å²) in [7, 11) is 0. The molecule has 1 aromatic carbocycles. The van der Waals surface area contributed by atoms with Crippen molar-refractivity contribution in [2.24, 2.45) is 5.92 Å². The molecule has 5 rings (SSSR count). The van der Waals surface area contributed by atoms with Crippen molar-refractivity contribution in [3.63, 3.8) is 0 Å². The van der Waals surface area contributed by atoms with Gasteiger partial charge in [-0.15, -0.1) is 0 Å². The molecule has 0 spiro atoms. The zero-order valence-corrected chi connectivity index (χ0v) is 16.6. The highest BCUT2D eigenvalue weighted by atomic mass is 19.4. The Kier molecular flexibility index (Phi) is 4.85. The number of imidazole rings is 1. The molecule has 0 aliphatic heterocycles. The van der Waals surface area contributed by atoms with Gasteiger partial charge in [-0.1, -0.05) is 12.1 Å². The molecule has 3 nitrogen and oxygen atoms in total. The Bertz CT molecular complexity index is 1030. The summed E-state index contributed by atoms with van der Waals surface area (Å²) in [6.45, 7) is 0. The number of benzene rings is 1. The average Bonchev–Trinajstić information content (AvgIpc) is 3.48. The molecule has 0 unspecified atom stereocenters. The molecular weight excluding hydrogens is 389 g/mol. The van der Waals surface area contributed by atoms with Crippen LogP contribution in [0.5, 0.6) is 0 Å². The van der Waals surface area contributed by atoms with Gasteiger partial charge in [0.25, 0.3) is 0 Å². The minimum atomic E-state index is -4.30. The first-order valence-corrected chi connectivity index (χ1v) is 10.7. The summed E-state index contributed by atoms with van der Waals surface area (Å²) < 4.78 is 40.4. The van der Waals surface area contributed by atoms with Crippen LogP contribution in [0.2, 0.25) is 0 Å². The molecule has 1 N–H and O–H groups in total. The molecule has 30 heavy (non-hydrogen) atoms. The van der Waals surface area contributed by atoms with Gasteiger partial charge in [-0.25, -0.2) is 4.98 Å². The standard InChI is InChI=1S/C24H25F3N2O/c25-24(26,27)19-9-7-16(8-10-19)15-1-5-18(6-2-15)23(30)22-20(17-3-4-17)11-12-29-14-28-13-21(22)29/h7-15,17-18,23,30H,1-6H2/t15?,18?,23-/m1/s1. The van der Waals surface area contributed by atoms with Gasteiger partial charge in [0, 0.05) is 11.8 Å². The second-order valence-corrected chi connectivity index (χ2v) is 8.82. The molecule has 2 aliphatic carbocycles. The molecule has 0 bridgehead atoms. The fourth-order valence-corrected chi connectivity index (χ4v) is 5.05. The lowest BCUT2D eigenvalue weighted by atomic mass is 9.74. The highest BCUT2D eigenvalue weighted by molar-refractivity contribution is 5.59. The van der Waals surface area contributed by atoms with Crippen LogP contribution in [-0.4, -0.2) is 14.5 Å². The number of halogens is 3. The van der Waals surface area contributed by atoms with E-state index < -0.39 is 17.8 Å². The first-order valence-electron chi connectivity index (χ1n) is 10.7. The van der Waals surface area contributed by atoms with Gasteiger partial charge in [0.1, 0.15) is 0 Å². The number of aromatic nitrogens is 2. The van der Waals surface area contributed by atoms with Gasteiger partial charge in [0.15, 0.2) is 0 Å². The summed E-state index contributed by atoms with van der Waals surface area (Å²) in [6, 6.07) is 7.71. The summed E-state index contributed by atoms with van der Waals surface area (Å²) in [5, 5.41) is 11.3. The first kappa shape index (κ1) is 19.6. The van der Waals surface area contributed by atoms with Crippen molar-refractivity contribution >= 4 is 5.52 Å². The van der Waals surface area contributed by atoms with Gasteiger partial charge in [-0.05, 0) is 85.6 Å². The Balaban J connectivity index is 1.32. The number of nitrogens with zero attached hydrogens (tertiary/aromatic N) is 2. The lowest BCUT2D eigenvalue weighted by molar-refractivity contribution is -0.137. The first-order chi connectivity index (χ1) is 14.4. The Labute approximate surface area is 173 Å². The smallest absolute Gasteiger partial charge is 0.388 e. The fraction of sp³-hybridized carbons (Fsp3) is 0.458. The van der Waals surface area contributed by atoms with Crippen LogP contribution in [0.25, 0.3) is 5.52 Å². The second kappa shape index (κ2) is 7.41. The van der Waals surface area contributed by atoms with E-state index >= 15 is 0 Å². The zero-order chi connectivity index (χ0) is 20.9. The predicted molar refractivity (Wildman–Crippen MR) is 108 cm³/mol. The number of fused-ring (bicyclic) bond motifs is 1. The van der Waals surface area contributed by atoms with Crippen molar-refractivity contribution < 1.29 is 18.3 Å². The third-order valence-corrected chi connectivity index (χ3v) is 6.91. The van der Waals surface area contributed by atoms with E-state index in [2.05, 4.69) is 11.1 Å². The van der Waals surface area contributed by atoms with Crippen molar-refractivity contribution in [1.29, 1.82) is 0 Å². The SMILES string of the molecule is O[C@@H](c1c(C2CC2)ccn2cncc12)C1CCC(c2ccc(C(F)(F)F)cc2)CC1. The maximum absolute atomic E-state index is 12.8. The van der Waals surface area contributed by atoms with Gasteiger partial charge in [0.2, 0.25) is 0 Å². The van der Waals surface area contributed by atoms with E-state index in [-0.39, 0.29) is 11.8 Å². The number of pyridine rings is 1. The Morgan fingerprint density at radius 1 is 0.933 bits per heavy atom. The second-order valence-electron chi connectivity index (χ2n) is 8.82. The van der Waals surface area contributed by atoms with Crippen molar-refractivity contribution in [2.75, 3.05) is 0 Å². The molecule has 2 fully saturated rings. The van der Waals surface area contributed by atoms with Crippen LogP contribution in [0.15, 0.2) is 49.1 Å². The van der Waals surface area contributed by atoms with Crippen molar-refractivity contribution in [2.45, 2.75) is 62.6 Å². The highest BCUT2D eigenvalue weighted by Crippen LogP contribution is 2.48. The Morgan fingerprint density at radius 2 is 1.60 bits per heavy atom. The topological polar surface area (TPSA) is 37.5 Å². The summed E-state index contributed by atoms with van der Waals surface area (Å²) >= 11 is 0. The number of aliphatic hydroxyl groups excluding tert-OH is 1. The monoisotopic (exact) mass is 414 g/mol. The largest absolute Gasteiger partial charge is 0.416 e. The van der Waals surface area contributed by atoms with Crippen LogP contribution < -0.4 is 0 Å². The Hall–Kier alpha value is -2.34. The van der Waals surface area contributed by atoms with E-state index in [4.69, 9.17) is 0 Å². The van der Waals surface area contributed by atoms with Crippen molar-refractivity contribution in [3.8, 4) is 0 Å². The Morgan fingerprint density at radius 3 is 2.23 bits per heavy atom. The van der Waals surface area contributed by atoms with Crippen LogP contribution >= 0.6 is 0 Å². The molecule has 0 amide bonds. The summed E-state index contributed by atoms with van der Waals surface area (Å²) in [6.07, 6.45) is 6.63. The minimum absolute atomic E-state index is 0.161. The van der Waals surface area contributed by atoms with E-state index in [1.165, 1.54) is 30.5 Å². The third kappa shape index (κ3) is 3.62. The minimum Gasteiger partial charge on any atom is -0.388 e. The average molecular weight is 414 g/mol. The maximum Gasteiger partial charge on any atom is 0.416 e. The third-order valence-electron chi connectivity index (χ3n) is 6.91. The number of hydrogen-bond acceptors (Lipinski definition) is 2. The fourth-order valence-electron chi connectivity index (χ4n) is 5.05. The molecule has 0 radical (unpaired) electrons. The molecule has 3 aromatic rings. The van der Waals surface area contributed by atoms with Gasteiger partial charge in [0.05, 0.1) is 29.7 Å². The highest BCUT2D eigenvalue weighted by Gasteiger charge is 2.35. The van der Waals surface area contributed by atoms with Crippen LogP contribution in [-0.2, 0) is 6.18 Å². The maximum atomic E-state index is 12.8. The van der Waals surface area contributed by atoms with Crippen LogP contribution in [0, 0.1) is 5.92 Å². The molecule has 1 atom stereocenters. The van der Waals surface area contributed by atoms with Crippen molar-refractivity contribution in [1.82, 2.24) is 9.38 Å². The molecule has 158 valence electrons. The molecule has 2 aromatic heterocycles. The molecule has 0 saturated heterocycles. The molecule has 2 saturated carbocycles. The van der Waals surface area contributed by atoms with E-state index in [1.807, 2.05) is 16.8 Å². The number of rotatable bonds is 4. The number of hydrogen-bond donors (Lipinski definition) is 1. The van der Waals surface area contributed by atoms with Gasteiger partial charge in [-0.3, -0.25) is 0 Å². The molecular formula is C24H25F3N2O. The van der Waals surface area contributed by atoms with Gasteiger partial charge < -0.3 is 9.51 Å². The van der Waals surface area contributed by atoms with Gasteiger partial charge >= 0.3 is 6.18 Å². The lowest BCUT2D eigenvalue weighted by Gasteiger charge is -2.33. The molecule has 2 aliphatic rings. The number of aliphatic hydroxyl groups is 1. The van der Waals surface area contributed by atoms with E-state index in [0.29, 0.717) is 5.92 Å². The molecule has 2 heterocycles. The number of alkyl halides is 3.